The molecule has 0 spiro atoms. The number of hydrogen-bond acceptors (Lipinski definition) is 4. The molecule has 2 heterocycles. The minimum absolute atomic E-state index is 0.157. The van der Waals surface area contributed by atoms with Crippen LogP contribution in [-0.2, 0) is 7.05 Å². The van der Waals surface area contributed by atoms with Crippen LogP contribution in [-0.4, -0.2) is 22.6 Å². The minimum Gasteiger partial charge on any atom is -0.497 e. The lowest BCUT2D eigenvalue weighted by Gasteiger charge is -2.06. The molecule has 1 amide bonds. The van der Waals surface area contributed by atoms with Crippen molar-refractivity contribution in [2.24, 2.45) is 7.05 Å². The summed E-state index contributed by atoms with van der Waals surface area (Å²) in [5, 5.41) is 5.89. The predicted octanol–water partition coefficient (Wildman–Crippen LogP) is 3.72. The number of benzene rings is 1. The average Bonchev–Trinajstić information content (AvgIpc) is 3.14. The fraction of sp³-hybridized carbons (Fsp3) is 0.176. The molecule has 2 aromatic heterocycles. The number of aromatic nitrogens is 2. The van der Waals surface area contributed by atoms with Crippen LogP contribution in [0.15, 0.2) is 41.9 Å². The van der Waals surface area contributed by atoms with E-state index < -0.39 is 0 Å². The van der Waals surface area contributed by atoms with Crippen LogP contribution in [0.25, 0.3) is 11.3 Å². The highest BCUT2D eigenvalue weighted by molar-refractivity contribution is 7.09. The Morgan fingerprint density at radius 1 is 1.30 bits per heavy atom. The first kappa shape index (κ1) is 15.3. The molecule has 0 aliphatic rings. The maximum absolute atomic E-state index is 12.5. The lowest BCUT2D eigenvalue weighted by Crippen LogP contribution is -2.15. The summed E-state index contributed by atoms with van der Waals surface area (Å²) in [4.78, 5) is 16.9. The number of carbonyl (C=O) groups is 1. The molecule has 118 valence electrons. The highest BCUT2D eigenvalue weighted by Crippen LogP contribution is 2.24. The number of methoxy groups -OCH3 is 1. The van der Waals surface area contributed by atoms with Crippen molar-refractivity contribution in [1.29, 1.82) is 0 Å². The zero-order valence-electron chi connectivity index (χ0n) is 13.2. The molecule has 0 saturated carbocycles. The fourth-order valence-electron chi connectivity index (χ4n) is 2.30. The van der Waals surface area contributed by atoms with Gasteiger partial charge in [0.1, 0.15) is 11.4 Å². The summed E-state index contributed by atoms with van der Waals surface area (Å²) in [6.07, 6.45) is 1.91. The number of amides is 1. The number of nitrogens with zero attached hydrogens (tertiary/aromatic N) is 2. The first-order valence-corrected chi connectivity index (χ1v) is 7.99. The molecule has 0 fully saturated rings. The maximum atomic E-state index is 12.5. The first-order valence-electron chi connectivity index (χ1n) is 7.11. The maximum Gasteiger partial charge on any atom is 0.272 e. The highest BCUT2D eigenvalue weighted by atomic mass is 32.1. The van der Waals surface area contributed by atoms with Gasteiger partial charge in [-0.15, -0.1) is 11.3 Å². The van der Waals surface area contributed by atoms with Gasteiger partial charge in [0, 0.05) is 29.9 Å². The molecule has 3 rings (SSSR count). The van der Waals surface area contributed by atoms with Crippen molar-refractivity contribution in [3.05, 3.63) is 52.6 Å². The molecule has 0 aliphatic heterocycles. The largest absolute Gasteiger partial charge is 0.497 e. The van der Waals surface area contributed by atoms with Gasteiger partial charge in [-0.3, -0.25) is 4.79 Å². The monoisotopic (exact) mass is 327 g/mol. The van der Waals surface area contributed by atoms with Crippen LogP contribution in [0.1, 0.15) is 15.5 Å². The van der Waals surface area contributed by atoms with Gasteiger partial charge in [0.05, 0.1) is 17.8 Å². The zero-order chi connectivity index (χ0) is 16.4. The molecule has 0 radical (unpaired) electrons. The lowest BCUT2D eigenvalue weighted by molar-refractivity contribution is 0.101. The van der Waals surface area contributed by atoms with Crippen LogP contribution < -0.4 is 10.1 Å². The van der Waals surface area contributed by atoms with Crippen LogP contribution in [0.2, 0.25) is 0 Å². The zero-order valence-corrected chi connectivity index (χ0v) is 14.0. The topological polar surface area (TPSA) is 56.1 Å². The number of nitrogens with one attached hydrogen (secondary N) is 1. The van der Waals surface area contributed by atoms with Gasteiger partial charge in [0.15, 0.2) is 0 Å². The number of ether oxygens (including phenoxy) is 1. The third-order valence-electron chi connectivity index (χ3n) is 3.50. The summed E-state index contributed by atoms with van der Waals surface area (Å²) in [5.41, 5.74) is 3.15. The second-order valence-corrected chi connectivity index (χ2v) is 6.22. The van der Waals surface area contributed by atoms with Crippen molar-refractivity contribution in [2.75, 3.05) is 12.4 Å². The van der Waals surface area contributed by atoms with Gasteiger partial charge >= 0.3 is 0 Å². The van der Waals surface area contributed by atoms with Crippen molar-refractivity contribution in [1.82, 2.24) is 9.55 Å². The number of anilines is 1. The van der Waals surface area contributed by atoms with Crippen LogP contribution in [0.4, 0.5) is 5.69 Å². The van der Waals surface area contributed by atoms with Gasteiger partial charge in [-0.2, -0.15) is 0 Å². The Morgan fingerprint density at radius 3 is 2.65 bits per heavy atom. The van der Waals surface area contributed by atoms with Gasteiger partial charge < -0.3 is 14.6 Å². The van der Waals surface area contributed by atoms with E-state index in [1.807, 2.05) is 60.4 Å². The van der Waals surface area contributed by atoms with E-state index in [1.165, 1.54) is 0 Å². The third-order valence-corrected chi connectivity index (χ3v) is 4.27. The van der Waals surface area contributed by atoms with Crippen molar-refractivity contribution >= 4 is 22.9 Å². The molecule has 6 heteroatoms. The quantitative estimate of drug-likeness (QED) is 0.794. The molecule has 1 aromatic carbocycles. The Labute approximate surface area is 138 Å². The first-order chi connectivity index (χ1) is 11.1. The normalized spacial score (nSPS) is 10.6. The fourth-order valence-corrected chi connectivity index (χ4v) is 2.92. The van der Waals surface area contributed by atoms with E-state index in [0.29, 0.717) is 5.69 Å². The van der Waals surface area contributed by atoms with Crippen molar-refractivity contribution in [2.45, 2.75) is 6.92 Å². The van der Waals surface area contributed by atoms with Crippen LogP contribution >= 0.6 is 11.3 Å². The van der Waals surface area contributed by atoms with Gasteiger partial charge in [0.2, 0.25) is 0 Å². The second kappa shape index (κ2) is 6.26. The molecule has 1 N–H and O–H groups in total. The SMILES string of the molecule is COc1ccc(NC(=O)c2cc(-c3csc(C)n3)cn2C)cc1. The Bertz CT molecular complexity index is 834. The van der Waals surface area contributed by atoms with Crippen LogP contribution in [0.5, 0.6) is 5.75 Å². The second-order valence-electron chi connectivity index (χ2n) is 5.16. The number of aryl methyl sites for hydroxylation is 2. The number of thiazole rings is 1. The van der Waals surface area contributed by atoms with Crippen molar-refractivity contribution in [3.63, 3.8) is 0 Å². The number of carbonyl (C=O) groups excluding carboxylic acids is 1. The average molecular weight is 327 g/mol. The number of rotatable bonds is 4. The summed E-state index contributed by atoms with van der Waals surface area (Å²) in [6.45, 7) is 1.97. The molecule has 0 unspecified atom stereocenters. The molecule has 0 aliphatic carbocycles. The summed E-state index contributed by atoms with van der Waals surface area (Å²) < 4.78 is 6.92. The molecule has 23 heavy (non-hydrogen) atoms. The summed E-state index contributed by atoms with van der Waals surface area (Å²) in [7, 11) is 3.46. The highest BCUT2D eigenvalue weighted by Gasteiger charge is 2.14. The Balaban J connectivity index is 1.80. The Kier molecular flexibility index (Phi) is 4.16. The van der Waals surface area contributed by atoms with E-state index in [9.17, 15) is 4.79 Å². The molecule has 5 nitrogen and oxygen atoms in total. The van der Waals surface area contributed by atoms with Gasteiger partial charge in [-0.05, 0) is 37.3 Å². The van der Waals surface area contributed by atoms with Crippen LogP contribution in [0.3, 0.4) is 0 Å². The van der Waals surface area contributed by atoms with E-state index in [1.54, 1.807) is 18.4 Å². The molecule has 0 saturated heterocycles. The summed E-state index contributed by atoms with van der Waals surface area (Å²) >= 11 is 1.60. The predicted molar refractivity (Wildman–Crippen MR) is 92.2 cm³/mol. The van der Waals surface area contributed by atoms with Crippen LogP contribution in [0, 0.1) is 6.92 Å². The summed E-state index contributed by atoms with van der Waals surface area (Å²) in [6, 6.07) is 9.09. The van der Waals surface area contributed by atoms with Gasteiger partial charge in [0.25, 0.3) is 5.91 Å². The smallest absolute Gasteiger partial charge is 0.272 e. The molecule has 3 aromatic rings. The molecule has 0 atom stereocenters. The van der Waals surface area contributed by atoms with E-state index in [2.05, 4.69) is 10.3 Å². The standard InChI is InChI=1S/C17H17N3O2S/c1-11-18-15(10-23-11)12-8-16(20(2)9-12)17(21)19-13-4-6-14(22-3)7-5-13/h4-10H,1-3H3,(H,19,21). The van der Waals surface area contributed by atoms with E-state index in [4.69, 9.17) is 4.74 Å². The van der Waals surface area contributed by atoms with E-state index in [-0.39, 0.29) is 5.91 Å². The third kappa shape index (κ3) is 3.27. The van der Waals surface area contributed by atoms with Crippen molar-refractivity contribution < 1.29 is 9.53 Å². The number of hydrogen-bond donors (Lipinski definition) is 1. The van der Waals surface area contributed by atoms with Crippen molar-refractivity contribution in [3.8, 4) is 17.0 Å². The van der Waals surface area contributed by atoms with Gasteiger partial charge in [-0.1, -0.05) is 0 Å². The minimum atomic E-state index is -0.157. The molecular weight excluding hydrogens is 310 g/mol. The molecule has 0 bridgehead atoms. The Hall–Kier alpha value is -2.60. The lowest BCUT2D eigenvalue weighted by atomic mass is 10.2. The Morgan fingerprint density at radius 2 is 2.04 bits per heavy atom. The van der Waals surface area contributed by atoms with E-state index >= 15 is 0 Å². The van der Waals surface area contributed by atoms with E-state index in [0.717, 1.165) is 27.7 Å². The van der Waals surface area contributed by atoms with Gasteiger partial charge in [-0.25, -0.2) is 4.98 Å². The molecular formula is C17H17N3O2S. The summed E-state index contributed by atoms with van der Waals surface area (Å²) in [5.74, 6) is 0.596.